The van der Waals surface area contributed by atoms with E-state index in [0.29, 0.717) is 6.42 Å². The molecule has 5 heteroatoms. The molecule has 25 heavy (non-hydrogen) atoms. The summed E-state index contributed by atoms with van der Waals surface area (Å²) < 4.78 is 5.26. The predicted octanol–water partition coefficient (Wildman–Crippen LogP) is 2.63. The first-order chi connectivity index (χ1) is 12.0. The molecule has 0 aromatic heterocycles. The smallest absolute Gasteiger partial charge is 0.227 e. The molecule has 0 bridgehead atoms. The second-order valence-electron chi connectivity index (χ2n) is 7.40. The zero-order valence-electron chi connectivity index (χ0n) is 15.5. The molecule has 0 unspecified atom stereocenters. The van der Waals surface area contributed by atoms with Gasteiger partial charge in [0, 0.05) is 20.0 Å². The van der Waals surface area contributed by atoms with Crippen molar-refractivity contribution in [3.8, 4) is 5.75 Å². The number of piperidine rings is 2. The van der Waals surface area contributed by atoms with Crippen LogP contribution in [0.5, 0.6) is 5.75 Å². The highest BCUT2D eigenvalue weighted by Crippen LogP contribution is 2.39. The van der Waals surface area contributed by atoms with E-state index in [-0.39, 0.29) is 23.4 Å². The van der Waals surface area contributed by atoms with Gasteiger partial charge in [0.25, 0.3) is 0 Å². The van der Waals surface area contributed by atoms with E-state index in [0.717, 1.165) is 50.1 Å². The van der Waals surface area contributed by atoms with E-state index in [1.165, 1.54) is 0 Å². The van der Waals surface area contributed by atoms with Gasteiger partial charge in [-0.15, -0.1) is 0 Å². The average Bonchev–Trinajstić information content (AvgIpc) is 2.60. The fraction of sp³-hybridized carbons (Fsp3) is 0.600. The monoisotopic (exact) mass is 344 g/mol. The molecular weight excluding hydrogens is 316 g/mol. The third kappa shape index (κ3) is 3.37. The predicted molar refractivity (Wildman–Crippen MR) is 96.5 cm³/mol. The van der Waals surface area contributed by atoms with Gasteiger partial charge in [0.2, 0.25) is 11.8 Å². The Bertz CT molecular complexity index is 660. The first-order valence-electron chi connectivity index (χ1n) is 9.16. The molecule has 3 rings (SSSR count). The molecule has 2 amide bonds. The molecule has 0 saturated carbocycles. The molecule has 2 fully saturated rings. The van der Waals surface area contributed by atoms with Crippen LogP contribution in [0.15, 0.2) is 24.3 Å². The number of amides is 2. The maximum atomic E-state index is 13.0. The molecule has 2 aliphatic rings. The average molecular weight is 344 g/mol. The lowest BCUT2D eigenvalue weighted by molar-refractivity contribution is -0.154. The van der Waals surface area contributed by atoms with Crippen LogP contribution in [0.4, 0.5) is 0 Å². The molecule has 2 saturated heterocycles. The van der Waals surface area contributed by atoms with Crippen LogP contribution in [-0.4, -0.2) is 53.4 Å². The molecule has 0 radical (unpaired) electrons. The van der Waals surface area contributed by atoms with Crippen LogP contribution in [0.25, 0.3) is 0 Å². The van der Waals surface area contributed by atoms with E-state index < -0.39 is 0 Å². The minimum Gasteiger partial charge on any atom is -0.497 e. The molecule has 0 aliphatic carbocycles. The van der Waals surface area contributed by atoms with Gasteiger partial charge < -0.3 is 14.5 Å². The summed E-state index contributed by atoms with van der Waals surface area (Å²) in [5.41, 5.74) is 0.739. The molecule has 0 N–H and O–H groups in total. The van der Waals surface area contributed by atoms with E-state index in [2.05, 4.69) is 6.92 Å². The maximum absolute atomic E-state index is 13.0. The lowest BCUT2D eigenvalue weighted by Gasteiger charge is -2.56. The van der Waals surface area contributed by atoms with E-state index in [1.54, 1.807) is 14.0 Å². The lowest BCUT2D eigenvalue weighted by Crippen LogP contribution is -2.68. The summed E-state index contributed by atoms with van der Waals surface area (Å²) in [5.74, 6) is 1.04. The van der Waals surface area contributed by atoms with Gasteiger partial charge in [-0.1, -0.05) is 12.1 Å². The highest BCUT2D eigenvalue weighted by atomic mass is 16.5. The van der Waals surface area contributed by atoms with Gasteiger partial charge in [0.1, 0.15) is 5.75 Å². The Labute approximate surface area is 149 Å². The third-order valence-electron chi connectivity index (χ3n) is 5.84. The van der Waals surface area contributed by atoms with Crippen LogP contribution in [0.1, 0.15) is 45.1 Å². The van der Waals surface area contributed by atoms with Gasteiger partial charge in [-0.3, -0.25) is 9.59 Å². The molecule has 1 aromatic carbocycles. The number of nitrogens with zero attached hydrogens (tertiary/aromatic N) is 2. The number of benzene rings is 1. The summed E-state index contributed by atoms with van der Waals surface area (Å²) in [6.07, 6.45) is 4.23. The fourth-order valence-electron chi connectivity index (χ4n) is 4.62. The Kier molecular flexibility index (Phi) is 5.02. The van der Waals surface area contributed by atoms with E-state index >= 15 is 0 Å². The van der Waals surface area contributed by atoms with Crippen molar-refractivity contribution in [3.05, 3.63) is 29.8 Å². The van der Waals surface area contributed by atoms with Crippen molar-refractivity contribution >= 4 is 11.8 Å². The van der Waals surface area contributed by atoms with Crippen LogP contribution in [-0.2, 0) is 16.0 Å². The summed E-state index contributed by atoms with van der Waals surface area (Å²) in [6, 6.07) is 7.81. The number of methoxy groups -OCH3 is 1. The number of carbonyl (C=O) groups is 2. The number of ether oxygens (including phenoxy) is 1. The number of hydrogen-bond donors (Lipinski definition) is 0. The third-order valence-corrected chi connectivity index (χ3v) is 5.84. The van der Waals surface area contributed by atoms with Crippen molar-refractivity contribution < 1.29 is 14.3 Å². The summed E-state index contributed by atoms with van der Waals surface area (Å²) in [7, 11) is 1.63. The van der Waals surface area contributed by atoms with Gasteiger partial charge >= 0.3 is 0 Å². The van der Waals surface area contributed by atoms with E-state index in [9.17, 15) is 9.59 Å². The number of hydrogen-bond acceptors (Lipinski definition) is 3. The molecule has 2 aliphatic heterocycles. The van der Waals surface area contributed by atoms with Crippen LogP contribution >= 0.6 is 0 Å². The number of likely N-dealkylation sites (tertiary alicyclic amines) is 2. The Morgan fingerprint density at radius 1 is 1.28 bits per heavy atom. The Morgan fingerprint density at radius 3 is 2.80 bits per heavy atom. The maximum Gasteiger partial charge on any atom is 0.227 e. The SMILES string of the molecule is COc1cccc(CC(=O)N2CCC[C@@]3(C)[C@H]2CCCN3C(C)=O)c1. The molecule has 5 nitrogen and oxygen atoms in total. The number of carbonyl (C=O) groups excluding carboxylic acids is 2. The second kappa shape index (κ2) is 7.06. The Hall–Kier alpha value is -2.04. The van der Waals surface area contributed by atoms with Gasteiger partial charge in [-0.05, 0) is 50.3 Å². The highest BCUT2D eigenvalue weighted by Gasteiger charge is 2.49. The van der Waals surface area contributed by atoms with Crippen molar-refractivity contribution in [1.29, 1.82) is 0 Å². The van der Waals surface area contributed by atoms with Crippen molar-refractivity contribution in [1.82, 2.24) is 9.80 Å². The summed E-state index contributed by atoms with van der Waals surface area (Å²) >= 11 is 0. The Balaban J connectivity index is 1.79. The minimum absolute atomic E-state index is 0.120. The van der Waals surface area contributed by atoms with E-state index in [1.807, 2.05) is 34.1 Å². The molecule has 0 spiro atoms. The van der Waals surface area contributed by atoms with Crippen molar-refractivity contribution in [2.24, 2.45) is 0 Å². The zero-order valence-corrected chi connectivity index (χ0v) is 15.5. The fourth-order valence-corrected chi connectivity index (χ4v) is 4.62. The van der Waals surface area contributed by atoms with E-state index in [4.69, 9.17) is 4.74 Å². The van der Waals surface area contributed by atoms with Gasteiger partial charge in [0.15, 0.2) is 0 Å². The first-order valence-corrected chi connectivity index (χ1v) is 9.16. The van der Waals surface area contributed by atoms with Crippen LogP contribution in [0, 0.1) is 0 Å². The van der Waals surface area contributed by atoms with Crippen LogP contribution < -0.4 is 4.74 Å². The first kappa shape index (κ1) is 17.8. The molecule has 136 valence electrons. The van der Waals surface area contributed by atoms with Gasteiger partial charge in [0.05, 0.1) is 25.1 Å². The molecular formula is C20H28N2O3. The zero-order chi connectivity index (χ0) is 18.0. The van der Waals surface area contributed by atoms with Crippen molar-refractivity contribution in [3.63, 3.8) is 0 Å². The van der Waals surface area contributed by atoms with Crippen molar-refractivity contribution in [2.45, 2.75) is 57.5 Å². The van der Waals surface area contributed by atoms with Gasteiger partial charge in [-0.2, -0.15) is 0 Å². The van der Waals surface area contributed by atoms with Crippen LogP contribution in [0.3, 0.4) is 0 Å². The molecule has 1 aromatic rings. The topological polar surface area (TPSA) is 49.9 Å². The van der Waals surface area contributed by atoms with Crippen molar-refractivity contribution in [2.75, 3.05) is 20.2 Å². The standard InChI is InChI=1S/C20H28N2O3/c1-15(23)22-12-5-9-18-20(22,2)10-6-11-21(18)19(24)14-16-7-4-8-17(13-16)25-3/h4,7-8,13,18H,5-6,9-12,14H2,1-3H3/t18-,20+/m1/s1. The Morgan fingerprint density at radius 2 is 2.08 bits per heavy atom. The summed E-state index contributed by atoms with van der Waals surface area (Å²) in [5, 5.41) is 0. The number of rotatable bonds is 3. The molecule has 2 heterocycles. The molecule has 2 atom stereocenters. The quantitative estimate of drug-likeness (QED) is 0.847. The largest absolute Gasteiger partial charge is 0.497 e. The summed E-state index contributed by atoms with van der Waals surface area (Å²) in [6.45, 7) is 5.39. The number of fused-ring (bicyclic) bond motifs is 1. The minimum atomic E-state index is -0.230. The lowest BCUT2D eigenvalue weighted by atomic mass is 9.76. The van der Waals surface area contributed by atoms with Crippen LogP contribution in [0.2, 0.25) is 0 Å². The second-order valence-corrected chi connectivity index (χ2v) is 7.40. The normalized spacial score (nSPS) is 26.1. The summed E-state index contributed by atoms with van der Waals surface area (Å²) in [4.78, 5) is 29.1. The van der Waals surface area contributed by atoms with Gasteiger partial charge in [-0.25, -0.2) is 0 Å². The highest BCUT2D eigenvalue weighted by molar-refractivity contribution is 5.80.